The fourth-order valence-electron chi connectivity index (χ4n) is 2.40. The molecule has 0 aliphatic rings. The Balaban J connectivity index is 2.00. The van der Waals surface area contributed by atoms with Crippen LogP contribution in [0.1, 0.15) is 39.5 Å². The molecular weight excluding hydrogens is 312 g/mol. The largest absolute Gasteiger partial charge is 0.493 e. The van der Waals surface area contributed by atoms with Crippen LogP contribution < -0.4 is 4.74 Å². The lowest BCUT2D eigenvalue weighted by Crippen LogP contribution is -2.11. The van der Waals surface area contributed by atoms with E-state index < -0.39 is 0 Å². The summed E-state index contributed by atoms with van der Waals surface area (Å²) in [6.07, 6.45) is 5.03. The van der Waals surface area contributed by atoms with Crippen LogP contribution in [-0.2, 0) is 0 Å². The molecule has 0 spiro atoms. The molecule has 1 nitrogen and oxygen atoms in total. The van der Waals surface area contributed by atoms with Crippen LogP contribution in [0.15, 0.2) is 40.9 Å². The Morgan fingerprint density at radius 1 is 1.05 bits per heavy atom. The van der Waals surface area contributed by atoms with E-state index in [1.165, 1.54) is 36.5 Å². The van der Waals surface area contributed by atoms with Gasteiger partial charge in [0.25, 0.3) is 0 Å². The van der Waals surface area contributed by atoms with Crippen LogP contribution in [-0.4, -0.2) is 6.61 Å². The molecule has 0 saturated heterocycles. The van der Waals surface area contributed by atoms with Gasteiger partial charge in [-0.2, -0.15) is 0 Å². The van der Waals surface area contributed by atoms with E-state index >= 15 is 0 Å². The summed E-state index contributed by atoms with van der Waals surface area (Å²) >= 11 is 3.50. The number of halogens is 1. The summed E-state index contributed by atoms with van der Waals surface area (Å²) in [5, 5.41) is 2.47. The van der Waals surface area contributed by atoms with Gasteiger partial charge in [-0.25, -0.2) is 0 Å². The first-order valence-corrected chi connectivity index (χ1v) is 8.34. The number of hydrogen-bond donors (Lipinski definition) is 0. The molecule has 2 heteroatoms. The van der Waals surface area contributed by atoms with Crippen molar-refractivity contribution in [2.75, 3.05) is 6.61 Å². The summed E-state index contributed by atoms with van der Waals surface area (Å²) in [5.41, 5.74) is 0. The molecule has 0 aliphatic carbocycles. The highest BCUT2D eigenvalue weighted by atomic mass is 79.9. The van der Waals surface area contributed by atoms with Gasteiger partial charge < -0.3 is 4.74 Å². The average molecular weight is 335 g/mol. The second-order valence-electron chi connectivity index (χ2n) is 5.38. The molecule has 0 N–H and O–H groups in total. The van der Waals surface area contributed by atoms with Crippen molar-refractivity contribution in [2.45, 2.75) is 39.5 Å². The number of rotatable bonds is 7. The third-order valence-electron chi connectivity index (χ3n) is 3.80. The summed E-state index contributed by atoms with van der Waals surface area (Å²) in [6, 6.07) is 12.7. The SMILES string of the molecule is CCCCC(CC)COc1ccc2cc(Br)ccc2c1. The molecule has 108 valence electrons. The lowest BCUT2D eigenvalue weighted by atomic mass is 10.0. The van der Waals surface area contributed by atoms with Crippen molar-refractivity contribution in [3.05, 3.63) is 40.9 Å². The minimum atomic E-state index is 0.676. The Morgan fingerprint density at radius 2 is 1.80 bits per heavy atom. The van der Waals surface area contributed by atoms with Crippen LogP contribution in [0.4, 0.5) is 0 Å². The van der Waals surface area contributed by atoms with Gasteiger partial charge in [-0.15, -0.1) is 0 Å². The summed E-state index contributed by atoms with van der Waals surface area (Å²) in [4.78, 5) is 0. The molecular formula is C18H23BrO. The fourth-order valence-corrected chi connectivity index (χ4v) is 2.78. The number of ether oxygens (including phenoxy) is 1. The normalized spacial score (nSPS) is 12.6. The highest BCUT2D eigenvalue weighted by Gasteiger charge is 2.07. The molecule has 2 aromatic carbocycles. The summed E-state index contributed by atoms with van der Waals surface area (Å²) in [5.74, 6) is 1.66. The number of hydrogen-bond acceptors (Lipinski definition) is 1. The van der Waals surface area contributed by atoms with E-state index in [1.807, 2.05) is 0 Å². The van der Waals surface area contributed by atoms with Gasteiger partial charge in [0, 0.05) is 4.47 Å². The Kier molecular flexibility index (Phi) is 5.90. The Labute approximate surface area is 130 Å². The van der Waals surface area contributed by atoms with Gasteiger partial charge >= 0.3 is 0 Å². The van der Waals surface area contributed by atoms with Gasteiger partial charge in [-0.1, -0.05) is 61.2 Å². The van der Waals surface area contributed by atoms with Crippen molar-refractivity contribution < 1.29 is 4.74 Å². The number of unbranched alkanes of at least 4 members (excludes halogenated alkanes) is 1. The molecule has 0 aromatic heterocycles. The van der Waals surface area contributed by atoms with Gasteiger partial charge in [-0.3, -0.25) is 0 Å². The molecule has 1 atom stereocenters. The minimum absolute atomic E-state index is 0.676. The van der Waals surface area contributed by atoms with E-state index in [0.29, 0.717) is 5.92 Å². The van der Waals surface area contributed by atoms with Crippen molar-refractivity contribution in [3.8, 4) is 5.75 Å². The zero-order chi connectivity index (χ0) is 14.4. The lowest BCUT2D eigenvalue weighted by molar-refractivity contribution is 0.233. The maximum absolute atomic E-state index is 5.98. The van der Waals surface area contributed by atoms with Crippen molar-refractivity contribution in [3.63, 3.8) is 0 Å². The van der Waals surface area contributed by atoms with E-state index in [2.05, 4.69) is 66.2 Å². The highest BCUT2D eigenvalue weighted by molar-refractivity contribution is 9.10. The van der Waals surface area contributed by atoms with Crippen LogP contribution in [0.25, 0.3) is 10.8 Å². The molecule has 2 aromatic rings. The Morgan fingerprint density at radius 3 is 2.55 bits per heavy atom. The summed E-state index contributed by atoms with van der Waals surface area (Å²) in [6.45, 7) is 5.33. The van der Waals surface area contributed by atoms with E-state index in [-0.39, 0.29) is 0 Å². The molecule has 0 fully saturated rings. The van der Waals surface area contributed by atoms with Gasteiger partial charge in [-0.05, 0) is 47.4 Å². The van der Waals surface area contributed by atoms with Crippen LogP contribution in [0, 0.1) is 5.92 Å². The Bertz CT molecular complexity index is 550. The molecule has 0 aliphatic heterocycles. The second-order valence-corrected chi connectivity index (χ2v) is 6.30. The van der Waals surface area contributed by atoms with Gasteiger partial charge in [0.05, 0.1) is 6.61 Å². The molecule has 1 unspecified atom stereocenters. The van der Waals surface area contributed by atoms with Gasteiger partial charge in [0.15, 0.2) is 0 Å². The van der Waals surface area contributed by atoms with E-state index in [9.17, 15) is 0 Å². The van der Waals surface area contributed by atoms with E-state index in [0.717, 1.165) is 16.8 Å². The van der Waals surface area contributed by atoms with Crippen LogP contribution in [0.5, 0.6) is 5.75 Å². The molecule has 0 amide bonds. The third-order valence-corrected chi connectivity index (χ3v) is 4.30. The van der Waals surface area contributed by atoms with Crippen molar-refractivity contribution in [2.24, 2.45) is 5.92 Å². The van der Waals surface area contributed by atoms with E-state index in [1.54, 1.807) is 0 Å². The van der Waals surface area contributed by atoms with Crippen LogP contribution >= 0.6 is 15.9 Å². The second kappa shape index (κ2) is 7.68. The van der Waals surface area contributed by atoms with Crippen LogP contribution in [0.2, 0.25) is 0 Å². The van der Waals surface area contributed by atoms with E-state index in [4.69, 9.17) is 4.74 Å². The number of fused-ring (bicyclic) bond motifs is 1. The standard InChI is InChI=1S/C18H23BrO/c1-3-5-6-14(4-2)13-20-18-10-8-15-11-17(19)9-7-16(15)12-18/h7-12,14H,3-6,13H2,1-2H3. The predicted octanol–water partition coefficient (Wildman–Crippen LogP) is 6.20. The molecule has 2 rings (SSSR count). The highest BCUT2D eigenvalue weighted by Crippen LogP contribution is 2.25. The fraction of sp³-hybridized carbons (Fsp3) is 0.444. The monoisotopic (exact) mass is 334 g/mol. The zero-order valence-corrected chi connectivity index (χ0v) is 13.9. The minimum Gasteiger partial charge on any atom is -0.493 e. The number of benzene rings is 2. The smallest absolute Gasteiger partial charge is 0.119 e. The first kappa shape index (κ1) is 15.4. The summed E-state index contributed by atoms with van der Waals surface area (Å²) < 4.78 is 7.10. The maximum atomic E-state index is 5.98. The maximum Gasteiger partial charge on any atom is 0.119 e. The van der Waals surface area contributed by atoms with Gasteiger partial charge in [0.2, 0.25) is 0 Å². The first-order valence-electron chi connectivity index (χ1n) is 7.55. The first-order chi connectivity index (χ1) is 9.72. The van der Waals surface area contributed by atoms with Crippen molar-refractivity contribution in [1.82, 2.24) is 0 Å². The molecule has 20 heavy (non-hydrogen) atoms. The topological polar surface area (TPSA) is 9.23 Å². The predicted molar refractivity (Wildman–Crippen MR) is 90.4 cm³/mol. The molecule has 0 radical (unpaired) electrons. The summed E-state index contributed by atoms with van der Waals surface area (Å²) in [7, 11) is 0. The molecule has 0 bridgehead atoms. The van der Waals surface area contributed by atoms with Gasteiger partial charge in [0.1, 0.15) is 5.75 Å². The molecule has 0 saturated carbocycles. The van der Waals surface area contributed by atoms with Crippen molar-refractivity contribution >= 4 is 26.7 Å². The zero-order valence-electron chi connectivity index (χ0n) is 12.4. The quantitative estimate of drug-likeness (QED) is 0.585. The molecule has 0 heterocycles. The Hall–Kier alpha value is -1.02. The van der Waals surface area contributed by atoms with Crippen molar-refractivity contribution in [1.29, 1.82) is 0 Å². The van der Waals surface area contributed by atoms with Crippen LogP contribution in [0.3, 0.4) is 0 Å². The average Bonchev–Trinajstić information content (AvgIpc) is 2.47. The third kappa shape index (κ3) is 4.24. The lowest BCUT2D eigenvalue weighted by Gasteiger charge is -2.15.